The minimum absolute atomic E-state index is 0.208. The number of nitrogens with two attached hydrogens (primary N) is 1. The second-order valence-electron chi connectivity index (χ2n) is 4.84. The van der Waals surface area contributed by atoms with Gasteiger partial charge in [-0.15, -0.1) is 0 Å². The Morgan fingerprint density at radius 2 is 1.68 bits per heavy atom. The molecule has 128 valence electrons. The standard InChI is InChI=1S/C17H16N4O4/c18-15(22)11-25-14-8-6-12(7-9-14)10-19-21-17(24)16(23)20-13-4-2-1-3-5-13/h1-10H,11H2,(H2,18,22)(H,20,23)(H,21,24)/b19-10-. The van der Waals surface area contributed by atoms with Crippen LogP contribution in [0.5, 0.6) is 5.75 Å². The Labute approximate surface area is 143 Å². The molecule has 0 fully saturated rings. The second-order valence-corrected chi connectivity index (χ2v) is 4.84. The SMILES string of the molecule is NC(=O)COc1ccc(/C=N\NC(=O)C(=O)Nc2ccccc2)cc1. The predicted octanol–water partition coefficient (Wildman–Crippen LogP) is 0.639. The third kappa shape index (κ3) is 6.14. The van der Waals surface area contributed by atoms with E-state index in [1.165, 1.54) is 6.21 Å². The average molecular weight is 340 g/mol. The number of rotatable bonds is 6. The molecule has 0 bridgehead atoms. The van der Waals surface area contributed by atoms with Crippen LogP contribution in [0.4, 0.5) is 5.69 Å². The molecule has 0 aliphatic heterocycles. The molecule has 2 aromatic carbocycles. The number of hydrazone groups is 1. The van der Waals surface area contributed by atoms with Gasteiger partial charge in [-0.05, 0) is 42.0 Å². The van der Waals surface area contributed by atoms with E-state index in [1.807, 2.05) is 0 Å². The molecule has 8 nitrogen and oxygen atoms in total. The van der Waals surface area contributed by atoms with Crippen LogP contribution in [0, 0.1) is 0 Å². The number of ether oxygens (including phenoxy) is 1. The number of carbonyl (C=O) groups excluding carboxylic acids is 3. The van der Waals surface area contributed by atoms with Gasteiger partial charge in [0.05, 0.1) is 6.21 Å². The first-order valence-electron chi connectivity index (χ1n) is 7.25. The highest BCUT2D eigenvalue weighted by atomic mass is 16.5. The summed E-state index contributed by atoms with van der Waals surface area (Å²) in [6.45, 7) is -0.208. The van der Waals surface area contributed by atoms with Crippen molar-refractivity contribution >= 4 is 29.6 Å². The van der Waals surface area contributed by atoms with E-state index in [4.69, 9.17) is 10.5 Å². The lowest BCUT2D eigenvalue weighted by Gasteiger charge is -2.04. The van der Waals surface area contributed by atoms with Crippen LogP contribution in [0.1, 0.15) is 5.56 Å². The van der Waals surface area contributed by atoms with Crippen LogP contribution < -0.4 is 21.2 Å². The summed E-state index contributed by atoms with van der Waals surface area (Å²) in [4.78, 5) is 33.9. The van der Waals surface area contributed by atoms with E-state index in [1.54, 1.807) is 54.6 Å². The third-order valence-corrected chi connectivity index (χ3v) is 2.88. The lowest BCUT2D eigenvalue weighted by Crippen LogP contribution is -2.32. The van der Waals surface area contributed by atoms with E-state index < -0.39 is 17.7 Å². The zero-order valence-corrected chi connectivity index (χ0v) is 13.1. The van der Waals surface area contributed by atoms with Gasteiger partial charge >= 0.3 is 11.8 Å². The van der Waals surface area contributed by atoms with Crippen molar-refractivity contribution in [3.8, 4) is 5.75 Å². The number of anilines is 1. The van der Waals surface area contributed by atoms with E-state index >= 15 is 0 Å². The van der Waals surface area contributed by atoms with Crippen molar-refractivity contribution in [2.24, 2.45) is 10.8 Å². The van der Waals surface area contributed by atoms with Crippen LogP contribution in [0.15, 0.2) is 59.7 Å². The Bertz CT molecular complexity index is 773. The van der Waals surface area contributed by atoms with Gasteiger partial charge in [0.25, 0.3) is 5.91 Å². The molecule has 0 atom stereocenters. The number of hydrogen-bond donors (Lipinski definition) is 3. The average Bonchev–Trinajstić information content (AvgIpc) is 2.61. The van der Waals surface area contributed by atoms with Crippen molar-refractivity contribution in [1.82, 2.24) is 5.43 Å². The highest BCUT2D eigenvalue weighted by molar-refractivity contribution is 6.39. The summed E-state index contributed by atoms with van der Waals surface area (Å²) in [5.41, 5.74) is 8.29. The lowest BCUT2D eigenvalue weighted by atomic mass is 10.2. The van der Waals surface area contributed by atoms with E-state index in [9.17, 15) is 14.4 Å². The zero-order chi connectivity index (χ0) is 18.1. The molecule has 2 aromatic rings. The summed E-state index contributed by atoms with van der Waals surface area (Å²) < 4.78 is 5.11. The Morgan fingerprint density at radius 1 is 1.00 bits per heavy atom. The molecule has 0 saturated heterocycles. The van der Waals surface area contributed by atoms with Crippen LogP contribution in [-0.4, -0.2) is 30.5 Å². The monoisotopic (exact) mass is 340 g/mol. The van der Waals surface area contributed by atoms with Crippen molar-refractivity contribution in [3.63, 3.8) is 0 Å². The van der Waals surface area contributed by atoms with Gasteiger partial charge in [-0.25, -0.2) is 5.43 Å². The molecular formula is C17H16N4O4. The first-order chi connectivity index (χ1) is 12.0. The fourth-order valence-electron chi connectivity index (χ4n) is 1.73. The van der Waals surface area contributed by atoms with Gasteiger partial charge in [-0.2, -0.15) is 5.10 Å². The van der Waals surface area contributed by atoms with Crippen LogP contribution >= 0.6 is 0 Å². The molecule has 2 rings (SSSR count). The number of nitrogens with one attached hydrogen (secondary N) is 2. The molecule has 0 spiro atoms. The van der Waals surface area contributed by atoms with E-state index in [0.29, 0.717) is 17.0 Å². The number of hydrogen-bond acceptors (Lipinski definition) is 5. The number of nitrogens with zero attached hydrogens (tertiary/aromatic N) is 1. The van der Waals surface area contributed by atoms with Crippen molar-refractivity contribution in [2.75, 3.05) is 11.9 Å². The first-order valence-corrected chi connectivity index (χ1v) is 7.25. The molecule has 3 amide bonds. The zero-order valence-electron chi connectivity index (χ0n) is 13.1. The van der Waals surface area contributed by atoms with Crippen LogP contribution in [0.3, 0.4) is 0 Å². The van der Waals surface area contributed by atoms with Crippen LogP contribution in [0.2, 0.25) is 0 Å². The minimum atomic E-state index is -0.887. The topological polar surface area (TPSA) is 123 Å². The summed E-state index contributed by atoms with van der Waals surface area (Å²) in [6.07, 6.45) is 1.37. The van der Waals surface area contributed by atoms with Crippen LogP contribution in [-0.2, 0) is 14.4 Å². The molecule has 0 aliphatic carbocycles. The van der Waals surface area contributed by atoms with Gasteiger partial charge in [-0.3, -0.25) is 14.4 Å². The van der Waals surface area contributed by atoms with Crippen molar-refractivity contribution in [2.45, 2.75) is 0 Å². The van der Waals surface area contributed by atoms with Gasteiger partial charge in [0, 0.05) is 5.69 Å². The fraction of sp³-hybridized carbons (Fsp3) is 0.0588. The minimum Gasteiger partial charge on any atom is -0.484 e. The predicted molar refractivity (Wildman–Crippen MR) is 91.9 cm³/mol. The molecule has 8 heteroatoms. The Kier molecular flexibility index (Phi) is 6.24. The van der Waals surface area contributed by atoms with Crippen molar-refractivity contribution in [3.05, 3.63) is 60.2 Å². The Morgan fingerprint density at radius 3 is 2.32 bits per heavy atom. The summed E-state index contributed by atoms with van der Waals surface area (Å²) in [6, 6.07) is 15.2. The fourth-order valence-corrected chi connectivity index (χ4v) is 1.73. The third-order valence-electron chi connectivity index (χ3n) is 2.88. The molecule has 0 heterocycles. The molecule has 0 unspecified atom stereocenters. The maximum atomic E-state index is 11.7. The van der Waals surface area contributed by atoms with Gasteiger partial charge in [0.2, 0.25) is 0 Å². The molecular weight excluding hydrogens is 324 g/mol. The van der Waals surface area contributed by atoms with E-state index in [0.717, 1.165) is 0 Å². The molecule has 4 N–H and O–H groups in total. The first kappa shape index (κ1) is 17.7. The maximum absolute atomic E-state index is 11.7. The highest BCUT2D eigenvalue weighted by Gasteiger charge is 2.12. The van der Waals surface area contributed by atoms with Gasteiger partial charge in [0.1, 0.15) is 5.75 Å². The number of amides is 3. The molecule has 0 radical (unpaired) electrons. The summed E-state index contributed by atoms with van der Waals surface area (Å²) in [5, 5.41) is 6.15. The number of benzene rings is 2. The van der Waals surface area contributed by atoms with Gasteiger partial charge in [0.15, 0.2) is 6.61 Å². The quantitative estimate of drug-likeness (QED) is 0.405. The van der Waals surface area contributed by atoms with Gasteiger partial charge < -0.3 is 15.8 Å². The van der Waals surface area contributed by atoms with E-state index in [-0.39, 0.29) is 6.61 Å². The van der Waals surface area contributed by atoms with Crippen LogP contribution in [0.25, 0.3) is 0 Å². The molecule has 25 heavy (non-hydrogen) atoms. The number of primary amides is 1. The molecule has 0 aromatic heterocycles. The summed E-state index contributed by atoms with van der Waals surface area (Å²) >= 11 is 0. The lowest BCUT2D eigenvalue weighted by molar-refractivity contribution is -0.136. The smallest absolute Gasteiger partial charge is 0.329 e. The summed E-state index contributed by atoms with van der Waals surface area (Å²) in [7, 11) is 0. The Balaban J connectivity index is 1.82. The summed E-state index contributed by atoms with van der Waals surface area (Å²) in [5.74, 6) is -1.80. The molecule has 0 aliphatic rings. The largest absolute Gasteiger partial charge is 0.484 e. The van der Waals surface area contributed by atoms with Crippen molar-refractivity contribution < 1.29 is 19.1 Å². The highest BCUT2D eigenvalue weighted by Crippen LogP contribution is 2.10. The Hall–Kier alpha value is -3.68. The number of para-hydroxylation sites is 1. The van der Waals surface area contributed by atoms with Gasteiger partial charge in [-0.1, -0.05) is 18.2 Å². The molecule has 0 saturated carbocycles. The maximum Gasteiger partial charge on any atom is 0.329 e. The number of carbonyl (C=O) groups is 3. The van der Waals surface area contributed by atoms with E-state index in [2.05, 4.69) is 15.8 Å². The second kappa shape index (κ2) is 8.82. The normalized spacial score (nSPS) is 10.2. The van der Waals surface area contributed by atoms with Crippen molar-refractivity contribution in [1.29, 1.82) is 0 Å².